The minimum Gasteiger partial charge on any atom is -0.474 e. The van der Waals surface area contributed by atoms with E-state index in [1.54, 1.807) is 42.5 Å². The summed E-state index contributed by atoms with van der Waals surface area (Å²) >= 11 is 0. The topological polar surface area (TPSA) is 86.7 Å². The number of carboxylic acid groups (broad SMARTS) is 1. The van der Waals surface area contributed by atoms with Crippen molar-refractivity contribution in [3.8, 4) is 11.1 Å². The molecule has 0 atom stereocenters. The molecule has 0 radical (unpaired) electrons. The van der Waals surface area contributed by atoms with Gasteiger partial charge in [-0.15, -0.1) is 0 Å². The highest BCUT2D eigenvalue weighted by atomic mass is 19.4. The first kappa shape index (κ1) is 33.0. The average Bonchev–Trinajstić information content (AvgIpc) is 3.04. The number of amides is 2. The zero-order valence-corrected chi connectivity index (χ0v) is 24.9. The van der Waals surface area contributed by atoms with Crippen molar-refractivity contribution >= 4 is 17.8 Å². The molecule has 4 aromatic rings. The first-order valence-corrected chi connectivity index (χ1v) is 14.8. The number of halogens is 3. The smallest absolute Gasteiger partial charge is 0.416 e. The molecule has 2 amide bonds. The summed E-state index contributed by atoms with van der Waals surface area (Å²) in [5, 5.41) is 12.3. The van der Waals surface area contributed by atoms with Gasteiger partial charge >= 0.3 is 18.1 Å². The highest BCUT2D eigenvalue weighted by Gasteiger charge is 2.30. The Balaban J connectivity index is 1.39. The Morgan fingerprint density at radius 2 is 1.31 bits per heavy atom. The van der Waals surface area contributed by atoms with Gasteiger partial charge in [-0.05, 0) is 70.5 Å². The zero-order valence-electron chi connectivity index (χ0n) is 24.9. The fourth-order valence-electron chi connectivity index (χ4n) is 4.90. The van der Waals surface area contributed by atoms with Crippen molar-refractivity contribution in [3.05, 3.63) is 130 Å². The van der Waals surface area contributed by atoms with Crippen LogP contribution in [0.5, 0.6) is 0 Å². The van der Waals surface area contributed by atoms with Crippen LogP contribution < -0.4 is 5.32 Å². The van der Waals surface area contributed by atoms with E-state index >= 15 is 0 Å². The second-order valence-corrected chi connectivity index (χ2v) is 10.9. The maximum absolute atomic E-state index is 12.9. The van der Waals surface area contributed by atoms with Gasteiger partial charge in [0.25, 0.3) is 5.91 Å². The molecule has 0 spiro atoms. The number of benzene rings is 4. The quantitative estimate of drug-likeness (QED) is 0.127. The van der Waals surface area contributed by atoms with Crippen LogP contribution in [0.4, 0.5) is 13.2 Å². The molecule has 2 N–H and O–H groups in total. The molecule has 0 heterocycles. The van der Waals surface area contributed by atoms with Crippen molar-refractivity contribution in [1.82, 2.24) is 10.2 Å². The molecular formula is C36H35F3N2O4. The molecular weight excluding hydrogens is 581 g/mol. The second kappa shape index (κ2) is 15.2. The van der Waals surface area contributed by atoms with Gasteiger partial charge < -0.3 is 15.3 Å². The predicted molar refractivity (Wildman–Crippen MR) is 166 cm³/mol. The fraction of sp³-hybridized carbons (Fsp3) is 0.250. The third-order valence-corrected chi connectivity index (χ3v) is 7.46. The van der Waals surface area contributed by atoms with Gasteiger partial charge in [0.1, 0.15) is 0 Å². The zero-order chi connectivity index (χ0) is 32.4. The van der Waals surface area contributed by atoms with Crippen LogP contribution in [-0.4, -0.2) is 27.8 Å². The van der Waals surface area contributed by atoms with Crippen LogP contribution in [0.1, 0.15) is 64.4 Å². The summed E-state index contributed by atoms with van der Waals surface area (Å²) in [6.07, 6.45) is 0.113. The molecule has 0 unspecified atom stereocenters. The number of carboxylic acids is 1. The number of aliphatic carboxylic acids is 1. The van der Waals surface area contributed by atoms with Crippen molar-refractivity contribution in [1.29, 1.82) is 0 Å². The Morgan fingerprint density at radius 1 is 0.733 bits per heavy atom. The summed E-state index contributed by atoms with van der Waals surface area (Å²) in [4.78, 5) is 37.8. The molecule has 6 nitrogen and oxygen atoms in total. The van der Waals surface area contributed by atoms with E-state index in [4.69, 9.17) is 0 Å². The fourth-order valence-corrected chi connectivity index (χ4v) is 4.90. The van der Waals surface area contributed by atoms with Crippen molar-refractivity contribution in [2.24, 2.45) is 0 Å². The van der Waals surface area contributed by atoms with Gasteiger partial charge in [0.15, 0.2) is 0 Å². The van der Waals surface area contributed by atoms with E-state index in [9.17, 15) is 32.7 Å². The van der Waals surface area contributed by atoms with Gasteiger partial charge in [-0.3, -0.25) is 9.59 Å². The number of rotatable bonds is 12. The van der Waals surface area contributed by atoms with E-state index in [1.807, 2.05) is 18.2 Å². The number of nitrogens with one attached hydrogen (secondary N) is 1. The minimum absolute atomic E-state index is 0.0609. The van der Waals surface area contributed by atoms with Crippen LogP contribution in [0.25, 0.3) is 11.1 Å². The van der Waals surface area contributed by atoms with E-state index in [1.165, 1.54) is 37.0 Å². The number of carbonyl (C=O) groups is 3. The van der Waals surface area contributed by atoms with Crippen LogP contribution in [-0.2, 0) is 41.8 Å². The van der Waals surface area contributed by atoms with Crippen molar-refractivity contribution in [2.75, 3.05) is 0 Å². The molecule has 0 aliphatic rings. The maximum Gasteiger partial charge on any atom is 0.416 e. The van der Waals surface area contributed by atoms with E-state index < -0.39 is 23.6 Å². The lowest BCUT2D eigenvalue weighted by Gasteiger charge is -2.21. The van der Waals surface area contributed by atoms with Crippen LogP contribution in [0.2, 0.25) is 0 Å². The molecule has 0 saturated carbocycles. The Morgan fingerprint density at radius 3 is 1.89 bits per heavy atom. The molecule has 4 aromatic carbocycles. The lowest BCUT2D eigenvalue weighted by Crippen LogP contribution is -2.35. The van der Waals surface area contributed by atoms with Crippen molar-refractivity contribution in [2.45, 2.75) is 58.4 Å². The Bertz CT molecular complexity index is 1600. The SMILES string of the molecule is CCCCCc1ccc(CNC(=O)c2cccc(-c3ccc(CN(Cc4ccc(C(F)(F)F)cc4)C(=O)C(=O)O)cc3)c2)cc1. The van der Waals surface area contributed by atoms with E-state index in [0.29, 0.717) is 23.2 Å². The van der Waals surface area contributed by atoms with Gasteiger partial charge in [0.05, 0.1) is 5.56 Å². The van der Waals surface area contributed by atoms with Gasteiger partial charge in [-0.2, -0.15) is 13.2 Å². The van der Waals surface area contributed by atoms with Crippen LogP contribution in [0, 0.1) is 0 Å². The van der Waals surface area contributed by atoms with Gasteiger partial charge in [-0.25, -0.2) is 4.79 Å². The van der Waals surface area contributed by atoms with E-state index in [-0.39, 0.29) is 19.0 Å². The third-order valence-electron chi connectivity index (χ3n) is 7.46. The number of aryl methyl sites for hydroxylation is 1. The molecule has 9 heteroatoms. The molecule has 0 fully saturated rings. The van der Waals surface area contributed by atoms with E-state index in [2.05, 4.69) is 24.4 Å². The largest absolute Gasteiger partial charge is 0.474 e. The highest BCUT2D eigenvalue weighted by molar-refractivity contribution is 6.31. The predicted octanol–water partition coefficient (Wildman–Crippen LogP) is 7.65. The molecule has 45 heavy (non-hydrogen) atoms. The van der Waals surface area contributed by atoms with Gasteiger partial charge in [-0.1, -0.05) is 92.6 Å². The lowest BCUT2D eigenvalue weighted by molar-refractivity contribution is -0.156. The molecule has 0 bridgehead atoms. The molecule has 234 valence electrons. The first-order valence-electron chi connectivity index (χ1n) is 14.8. The van der Waals surface area contributed by atoms with Gasteiger partial charge in [0.2, 0.25) is 0 Å². The van der Waals surface area contributed by atoms with Crippen LogP contribution in [0.3, 0.4) is 0 Å². The third kappa shape index (κ3) is 9.53. The Kier molecular flexibility index (Phi) is 11.1. The van der Waals surface area contributed by atoms with Crippen molar-refractivity contribution in [3.63, 3.8) is 0 Å². The summed E-state index contributed by atoms with van der Waals surface area (Å²) in [6.45, 7) is 2.35. The number of alkyl halides is 3. The lowest BCUT2D eigenvalue weighted by atomic mass is 10.0. The number of unbranched alkanes of at least 4 members (excludes halogenated alkanes) is 2. The van der Waals surface area contributed by atoms with E-state index in [0.717, 1.165) is 40.1 Å². The highest BCUT2D eigenvalue weighted by Crippen LogP contribution is 2.29. The number of hydrogen-bond acceptors (Lipinski definition) is 3. The number of carbonyl (C=O) groups excluding carboxylic acids is 2. The molecule has 0 aromatic heterocycles. The normalized spacial score (nSPS) is 11.2. The number of hydrogen-bond donors (Lipinski definition) is 2. The maximum atomic E-state index is 12.9. The summed E-state index contributed by atoms with van der Waals surface area (Å²) in [5.41, 5.74) is 4.58. The molecule has 0 aliphatic carbocycles. The summed E-state index contributed by atoms with van der Waals surface area (Å²) in [6, 6.07) is 26.8. The minimum atomic E-state index is -4.50. The standard InChI is InChI=1S/C36H35F3N2O4/c1-2-3-4-6-25-9-11-26(12-10-25)22-40-33(42)31-8-5-7-30(21-31)29-17-13-27(14-18-29)23-41(34(43)35(44)45)24-28-15-19-32(20-16-28)36(37,38)39/h5,7-21H,2-4,6,22-24H2,1H3,(H,40,42)(H,44,45). The summed E-state index contributed by atoms with van der Waals surface area (Å²) < 4.78 is 38.7. The second-order valence-electron chi connectivity index (χ2n) is 10.9. The molecule has 0 saturated heterocycles. The molecule has 4 rings (SSSR count). The Hall–Kier alpha value is -4.92. The summed E-state index contributed by atoms with van der Waals surface area (Å²) in [7, 11) is 0. The summed E-state index contributed by atoms with van der Waals surface area (Å²) in [5.74, 6) is -3.03. The first-order chi connectivity index (χ1) is 21.5. The molecule has 0 aliphatic heterocycles. The van der Waals surface area contributed by atoms with Crippen LogP contribution >= 0.6 is 0 Å². The number of nitrogens with zero attached hydrogens (tertiary/aromatic N) is 1. The van der Waals surface area contributed by atoms with Crippen LogP contribution in [0.15, 0.2) is 97.1 Å². The van der Waals surface area contributed by atoms with Crippen molar-refractivity contribution < 1.29 is 32.7 Å². The average molecular weight is 617 g/mol. The monoisotopic (exact) mass is 616 g/mol. The van der Waals surface area contributed by atoms with Gasteiger partial charge in [0, 0.05) is 25.2 Å². The Labute approximate surface area is 260 Å².